The monoisotopic (exact) mass is 503 g/mol. The van der Waals surface area contributed by atoms with E-state index >= 15 is 0 Å². The summed E-state index contributed by atoms with van der Waals surface area (Å²) in [5.74, 6) is 1.05. The Balaban J connectivity index is 1.49. The summed E-state index contributed by atoms with van der Waals surface area (Å²) >= 11 is 0. The van der Waals surface area contributed by atoms with Crippen LogP contribution in [0.1, 0.15) is 23.0 Å². The number of nitrogens with zero attached hydrogens (tertiary/aromatic N) is 5. The van der Waals surface area contributed by atoms with Gasteiger partial charge >= 0.3 is 0 Å². The molecule has 38 heavy (non-hydrogen) atoms. The number of hydrogen-bond acceptors (Lipinski definition) is 7. The predicted octanol–water partition coefficient (Wildman–Crippen LogP) is 4.73. The fraction of sp³-hybridized carbons (Fsp3) is 0.138. The van der Waals surface area contributed by atoms with E-state index in [4.69, 9.17) is 9.72 Å². The summed E-state index contributed by atoms with van der Waals surface area (Å²) in [5, 5.41) is 4.04. The van der Waals surface area contributed by atoms with Crippen LogP contribution < -0.4 is 10.9 Å². The van der Waals surface area contributed by atoms with Crippen molar-refractivity contribution in [2.75, 3.05) is 11.9 Å². The molecule has 0 saturated heterocycles. The number of rotatable bonds is 8. The molecule has 0 saturated carbocycles. The number of aromatic nitrogens is 6. The van der Waals surface area contributed by atoms with Gasteiger partial charge in [0.25, 0.3) is 5.56 Å². The highest BCUT2D eigenvalue weighted by Crippen LogP contribution is 2.25. The first kappa shape index (κ1) is 23.5. The Bertz CT molecular complexity index is 1770. The van der Waals surface area contributed by atoms with E-state index in [1.807, 2.05) is 85.8 Å². The SMILES string of the molecule is Cc1cccc2nc([C@@H](COCc3ccccc3)Nc3ncnc4nc[nH]c34)n(-c3ccccc3)c(=O)c12. The Morgan fingerprint density at radius 2 is 1.74 bits per heavy atom. The summed E-state index contributed by atoms with van der Waals surface area (Å²) in [4.78, 5) is 35.0. The molecule has 188 valence electrons. The smallest absolute Gasteiger partial charge is 0.266 e. The number of nitrogens with one attached hydrogen (secondary N) is 2. The molecule has 3 aromatic carbocycles. The van der Waals surface area contributed by atoms with Crippen molar-refractivity contribution in [3.8, 4) is 5.69 Å². The summed E-state index contributed by atoms with van der Waals surface area (Å²) < 4.78 is 7.84. The average molecular weight is 504 g/mol. The Labute approximate surface area is 218 Å². The molecular formula is C29H25N7O2. The number of aromatic amines is 1. The van der Waals surface area contributed by atoms with Gasteiger partial charge in [0, 0.05) is 0 Å². The molecule has 0 bridgehead atoms. The molecule has 9 nitrogen and oxygen atoms in total. The molecule has 0 fully saturated rings. The van der Waals surface area contributed by atoms with Crippen LogP contribution in [0.5, 0.6) is 0 Å². The van der Waals surface area contributed by atoms with Crippen molar-refractivity contribution in [2.24, 2.45) is 0 Å². The number of ether oxygens (including phenoxy) is 1. The van der Waals surface area contributed by atoms with Crippen molar-refractivity contribution in [1.29, 1.82) is 0 Å². The molecule has 0 aliphatic carbocycles. The third-order valence-electron chi connectivity index (χ3n) is 6.39. The number of para-hydroxylation sites is 1. The lowest BCUT2D eigenvalue weighted by atomic mass is 10.1. The van der Waals surface area contributed by atoms with Crippen LogP contribution in [0.15, 0.2) is 96.3 Å². The van der Waals surface area contributed by atoms with Gasteiger partial charge in [0.05, 0.1) is 36.1 Å². The van der Waals surface area contributed by atoms with Crippen molar-refractivity contribution in [1.82, 2.24) is 29.5 Å². The van der Waals surface area contributed by atoms with Crippen LogP contribution in [-0.4, -0.2) is 36.1 Å². The number of anilines is 1. The largest absolute Gasteiger partial charge is 0.374 e. The molecule has 3 heterocycles. The molecule has 0 amide bonds. The van der Waals surface area contributed by atoms with Crippen molar-refractivity contribution in [3.05, 3.63) is 119 Å². The number of fused-ring (bicyclic) bond motifs is 2. The molecule has 9 heteroatoms. The van der Waals surface area contributed by atoms with Crippen LogP contribution in [0.4, 0.5) is 5.82 Å². The lowest BCUT2D eigenvalue weighted by molar-refractivity contribution is 0.110. The minimum atomic E-state index is -0.530. The van der Waals surface area contributed by atoms with Crippen molar-refractivity contribution in [2.45, 2.75) is 19.6 Å². The first-order chi connectivity index (χ1) is 18.7. The Morgan fingerprint density at radius 3 is 2.55 bits per heavy atom. The molecule has 6 aromatic rings. The lowest BCUT2D eigenvalue weighted by Crippen LogP contribution is -2.31. The van der Waals surface area contributed by atoms with Crippen molar-refractivity contribution >= 4 is 27.9 Å². The van der Waals surface area contributed by atoms with E-state index in [1.54, 1.807) is 10.9 Å². The van der Waals surface area contributed by atoms with Crippen molar-refractivity contribution < 1.29 is 4.74 Å². The third-order valence-corrected chi connectivity index (χ3v) is 6.39. The normalized spacial score (nSPS) is 12.1. The van der Waals surface area contributed by atoms with E-state index in [1.165, 1.54) is 6.33 Å². The minimum absolute atomic E-state index is 0.140. The third kappa shape index (κ3) is 4.51. The van der Waals surface area contributed by atoms with Gasteiger partial charge in [0.1, 0.15) is 23.7 Å². The van der Waals surface area contributed by atoms with Gasteiger partial charge in [0.15, 0.2) is 11.5 Å². The number of imidazole rings is 1. The van der Waals surface area contributed by atoms with Crippen LogP contribution in [0.2, 0.25) is 0 Å². The number of H-pyrrole nitrogens is 1. The van der Waals surface area contributed by atoms with Gasteiger partial charge in [-0.1, -0.05) is 60.7 Å². The van der Waals surface area contributed by atoms with Gasteiger partial charge in [0.2, 0.25) is 0 Å². The highest BCUT2D eigenvalue weighted by atomic mass is 16.5. The molecule has 0 aliphatic heterocycles. The van der Waals surface area contributed by atoms with Gasteiger partial charge in [-0.15, -0.1) is 0 Å². The first-order valence-corrected chi connectivity index (χ1v) is 12.3. The van der Waals surface area contributed by atoms with Crippen LogP contribution >= 0.6 is 0 Å². The summed E-state index contributed by atoms with van der Waals surface area (Å²) in [6, 6.07) is 24.6. The molecule has 0 unspecified atom stereocenters. The number of benzene rings is 3. The van der Waals surface area contributed by atoms with Crippen LogP contribution in [-0.2, 0) is 11.3 Å². The van der Waals surface area contributed by atoms with Crippen LogP contribution in [0.25, 0.3) is 27.8 Å². The van der Waals surface area contributed by atoms with Gasteiger partial charge < -0.3 is 15.0 Å². The fourth-order valence-electron chi connectivity index (χ4n) is 4.56. The maximum atomic E-state index is 14.0. The van der Waals surface area contributed by atoms with Crippen molar-refractivity contribution in [3.63, 3.8) is 0 Å². The van der Waals surface area contributed by atoms with Gasteiger partial charge in [-0.2, -0.15) is 0 Å². The maximum absolute atomic E-state index is 14.0. The molecule has 1 atom stereocenters. The molecule has 0 radical (unpaired) electrons. The zero-order valence-electron chi connectivity index (χ0n) is 20.7. The zero-order valence-corrected chi connectivity index (χ0v) is 20.7. The Morgan fingerprint density at radius 1 is 0.947 bits per heavy atom. The standard InChI is InChI=1S/C29H25N7O2/c1-19-9-8-14-22-24(19)29(37)36(21-12-6-3-7-13-21)28(35-22)23(16-38-15-20-10-4-2-5-11-20)34-27-25-26(31-17-30-25)32-18-33-27/h2-14,17-18,23H,15-16H2,1H3,(H2,30,31,32,33,34)/t23-/m1/s1. The predicted molar refractivity (Wildman–Crippen MR) is 146 cm³/mol. The topological polar surface area (TPSA) is 111 Å². The number of aryl methyl sites for hydroxylation is 1. The highest BCUT2D eigenvalue weighted by Gasteiger charge is 2.24. The molecule has 0 spiro atoms. The summed E-state index contributed by atoms with van der Waals surface area (Å²) in [6.07, 6.45) is 3.03. The fourth-order valence-corrected chi connectivity index (χ4v) is 4.56. The molecule has 2 N–H and O–H groups in total. The summed E-state index contributed by atoms with van der Waals surface area (Å²) in [6.45, 7) is 2.56. The van der Waals surface area contributed by atoms with Gasteiger partial charge in [-0.05, 0) is 36.2 Å². The molecule has 0 aliphatic rings. The molecule has 3 aromatic heterocycles. The number of hydrogen-bond donors (Lipinski definition) is 2. The quantitative estimate of drug-likeness (QED) is 0.309. The van der Waals surface area contributed by atoms with E-state index in [0.717, 1.165) is 16.8 Å². The Kier molecular flexibility index (Phi) is 6.33. The van der Waals surface area contributed by atoms with Gasteiger partial charge in [-0.3, -0.25) is 9.36 Å². The second-order valence-corrected chi connectivity index (χ2v) is 8.94. The molecular weight excluding hydrogens is 478 g/mol. The summed E-state index contributed by atoms with van der Waals surface area (Å²) in [7, 11) is 0. The highest BCUT2D eigenvalue weighted by molar-refractivity contribution is 5.83. The van der Waals surface area contributed by atoms with E-state index in [0.29, 0.717) is 40.3 Å². The average Bonchev–Trinajstić information content (AvgIpc) is 3.43. The van der Waals surface area contributed by atoms with Crippen LogP contribution in [0, 0.1) is 6.92 Å². The first-order valence-electron chi connectivity index (χ1n) is 12.3. The maximum Gasteiger partial charge on any atom is 0.266 e. The van der Waals surface area contributed by atoms with E-state index < -0.39 is 6.04 Å². The van der Waals surface area contributed by atoms with Crippen LogP contribution in [0.3, 0.4) is 0 Å². The minimum Gasteiger partial charge on any atom is -0.374 e. The second kappa shape index (κ2) is 10.2. The van der Waals surface area contributed by atoms with E-state index in [-0.39, 0.29) is 12.2 Å². The summed E-state index contributed by atoms with van der Waals surface area (Å²) in [5.41, 5.74) is 4.32. The Hall–Kier alpha value is -4.89. The second-order valence-electron chi connectivity index (χ2n) is 8.94. The molecule has 6 rings (SSSR count). The van der Waals surface area contributed by atoms with Gasteiger partial charge in [-0.25, -0.2) is 19.9 Å². The zero-order chi connectivity index (χ0) is 25.9. The van der Waals surface area contributed by atoms with E-state index in [9.17, 15) is 4.79 Å². The lowest BCUT2D eigenvalue weighted by Gasteiger charge is -2.23. The van der Waals surface area contributed by atoms with E-state index in [2.05, 4.69) is 25.3 Å².